The van der Waals surface area contributed by atoms with Crippen molar-refractivity contribution in [3.8, 4) is 5.88 Å². The number of fused-ring (bicyclic) bond motifs is 1. The van der Waals surface area contributed by atoms with Gasteiger partial charge in [-0.3, -0.25) is 0 Å². The number of rotatable bonds is 4. The van der Waals surface area contributed by atoms with Gasteiger partial charge in [-0.05, 0) is 31.5 Å². The molecule has 0 aliphatic carbocycles. The average Bonchev–Trinajstić information content (AvgIpc) is 2.48. The molecule has 3 heteroatoms. The first-order chi connectivity index (χ1) is 10.2. The molecule has 3 nitrogen and oxygen atoms in total. The molecule has 3 rings (SSSR count). The molecule has 21 heavy (non-hydrogen) atoms. The zero-order valence-corrected chi connectivity index (χ0v) is 12.3. The molecule has 0 amide bonds. The highest BCUT2D eigenvalue weighted by Gasteiger charge is 2.12. The molecule has 0 radical (unpaired) electrons. The number of nitrogens with zero attached hydrogens (tertiary/aromatic N) is 2. The van der Waals surface area contributed by atoms with E-state index < -0.39 is 0 Å². The smallest absolute Gasteiger partial charge is 0.236 e. The minimum atomic E-state index is 0.0787. The van der Waals surface area contributed by atoms with E-state index in [4.69, 9.17) is 9.72 Å². The van der Waals surface area contributed by atoms with Gasteiger partial charge in [0.15, 0.2) is 0 Å². The van der Waals surface area contributed by atoms with E-state index in [-0.39, 0.29) is 6.10 Å². The third-order valence-electron chi connectivity index (χ3n) is 3.17. The van der Waals surface area contributed by atoms with Crippen LogP contribution in [0, 0.1) is 0 Å². The number of para-hydroxylation sites is 2. The molecule has 0 spiro atoms. The number of aromatic nitrogens is 2. The summed E-state index contributed by atoms with van der Waals surface area (Å²) >= 11 is 0. The summed E-state index contributed by atoms with van der Waals surface area (Å²) in [4.78, 5) is 9.36. The molecule has 2 aromatic carbocycles. The second-order valence-corrected chi connectivity index (χ2v) is 5.29. The van der Waals surface area contributed by atoms with Crippen LogP contribution in [0.5, 0.6) is 5.88 Å². The summed E-state index contributed by atoms with van der Waals surface area (Å²) in [5.41, 5.74) is 3.86. The normalized spacial score (nSPS) is 11.0. The average molecular weight is 278 g/mol. The molecule has 3 aromatic rings. The monoisotopic (exact) mass is 278 g/mol. The van der Waals surface area contributed by atoms with Crippen molar-refractivity contribution in [1.82, 2.24) is 9.97 Å². The minimum Gasteiger partial charge on any atom is -0.474 e. The van der Waals surface area contributed by atoms with Crippen LogP contribution in [0.25, 0.3) is 11.0 Å². The van der Waals surface area contributed by atoms with Crippen molar-refractivity contribution in [2.24, 2.45) is 0 Å². The Morgan fingerprint density at radius 3 is 2.14 bits per heavy atom. The fourth-order valence-electron chi connectivity index (χ4n) is 2.24. The van der Waals surface area contributed by atoms with Gasteiger partial charge in [-0.25, -0.2) is 9.97 Å². The fourth-order valence-corrected chi connectivity index (χ4v) is 2.24. The molecule has 0 atom stereocenters. The van der Waals surface area contributed by atoms with Gasteiger partial charge in [0.2, 0.25) is 5.88 Å². The Kier molecular flexibility index (Phi) is 3.82. The lowest BCUT2D eigenvalue weighted by molar-refractivity contribution is 0.230. The Morgan fingerprint density at radius 1 is 0.857 bits per heavy atom. The summed E-state index contributed by atoms with van der Waals surface area (Å²) in [5, 5.41) is 0. The summed E-state index contributed by atoms with van der Waals surface area (Å²) in [6.45, 7) is 4.01. The van der Waals surface area contributed by atoms with Crippen LogP contribution in [0.3, 0.4) is 0 Å². The summed E-state index contributed by atoms with van der Waals surface area (Å²) < 4.78 is 5.85. The van der Waals surface area contributed by atoms with Crippen LogP contribution in [0.2, 0.25) is 0 Å². The predicted octanol–water partition coefficient (Wildman–Crippen LogP) is 4.01. The Labute approximate surface area is 124 Å². The van der Waals surface area contributed by atoms with E-state index in [1.54, 1.807) is 0 Å². The fraction of sp³-hybridized carbons (Fsp3) is 0.222. The molecule has 106 valence electrons. The van der Waals surface area contributed by atoms with Gasteiger partial charge in [0.05, 0.1) is 17.1 Å². The van der Waals surface area contributed by atoms with Gasteiger partial charge in [-0.1, -0.05) is 42.5 Å². The quantitative estimate of drug-likeness (QED) is 0.723. The number of hydrogen-bond donors (Lipinski definition) is 0. The van der Waals surface area contributed by atoms with Crippen molar-refractivity contribution in [2.45, 2.75) is 26.4 Å². The molecular formula is C18H18N2O. The van der Waals surface area contributed by atoms with Crippen LogP contribution in [0.4, 0.5) is 0 Å². The number of ether oxygens (including phenoxy) is 1. The van der Waals surface area contributed by atoms with Crippen LogP contribution in [0.1, 0.15) is 25.1 Å². The minimum absolute atomic E-state index is 0.0787. The molecule has 0 aliphatic heterocycles. The van der Waals surface area contributed by atoms with Gasteiger partial charge in [-0.15, -0.1) is 0 Å². The van der Waals surface area contributed by atoms with E-state index in [2.05, 4.69) is 17.1 Å². The first-order valence-corrected chi connectivity index (χ1v) is 7.18. The largest absolute Gasteiger partial charge is 0.474 e. The molecule has 0 saturated heterocycles. The van der Waals surface area contributed by atoms with Crippen LogP contribution >= 0.6 is 0 Å². The van der Waals surface area contributed by atoms with Crippen LogP contribution < -0.4 is 4.74 Å². The lowest BCUT2D eigenvalue weighted by Crippen LogP contribution is -2.10. The number of benzene rings is 2. The SMILES string of the molecule is CC(C)Oc1nc2ccccc2nc1Cc1ccccc1. The zero-order valence-electron chi connectivity index (χ0n) is 12.3. The second kappa shape index (κ2) is 5.92. The lowest BCUT2D eigenvalue weighted by atomic mass is 10.1. The van der Waals surface area contributed by atoms with Gasteiger partial charge in [-0.2, -0.15) is 0 Å². The molecule has 1 heterocycles. The molecule has 0 aliphatic rings. The van der Waals surface area contributed by atoms with Gasteiger partial charge in [0.25, 0.3) is 0 Å². The van der Waals surface area contributed by atoms with Crippen LogP contribution in [-0.4, -0.2) is 16.1 Å². The topological polar surface area (TPSA) is 35.0 Å². The van der Waals surface area contributed by atoms with E-state index in [1.165, 1.54) is 5.56 Å². The van der Waals surface area contributed by atoms with E-state index in [0.717, 1.165) is 23.1 Å². The summed E-state index contributed by atoms with van der Waals surface area (Å²) in [6.07, 6.45) is 0.802. The highest BCUT2D eigenvalue weighted by Crippen LogP contribution is 2.22. The maximum absolute atomic E-state index is 5.85. The van der Waals surface area contributed by atoms with E-state index in [1.807, 2.05) is 56.3 Å². The Balaban J connectivity index is 2.05. The Bertz CT molecular complexity index is 739. The van der Waals surface area contributed by atoms with Crippen molar-refractivity contribution in [3.63, 3.8) is 0 Å². The molecule has 0 N–H and O–H groups in total. The Hall–Kier alpha value is -2.42. The van der Waals surface area contributed by atoms with Gasteiger partial charge in [0, 0.05) is 6.42 Å². The number of hydrogen-bond acceptors (Lipinski definition) is 3. The van der Waals surface area contributed by atoms with Crippen LogP contribution in [0.15, 0.2) is 54.6 Å². The highest BCUT2D eigenvalue weighted by molar-refractivity contribution is 5.74. The van der Waals surface area contributed by atoms with Crippen molar-refractivity contribution in [2.75, 3.05) is 0 Å². The van der Waals surface area contributed by atoms with Crippen molar-refractivity contribution < 1.29 is 4.74 Å². The van der Waals surface area contributed by atoms with Gasteiger partial charge < -0.3 is 4.74 Å². The van der Waals surface area contributed by atoms with E-state index in [9.17, 15) is 0 Å². The maximum Gasteiger partial charge on any atom is 0.236 e. The zero-order chi connectivity index (χ0) is 14.7. The lowest BCUT2D eigenvalue weighted by Gasteiger charge is -2.13. The second-order valence-electron chi connectivity index (χ2n) is 5.29. The Morgan fingerprint density at radius 2 is 1.48 bits per heavy atom. The van der Waals surface area contributed by atoms with Crippen LogP contribution in [-0.2, 0) is 6.42 Å². The first kappa shape index (κ1) is 13.6. The molecular weight excluding hydrogens is 260 g/mol. The maximum atomic E-state index is 5.85. The van der Waals surface area contributed by atoms with Gasteiger partial charge >= 0.3 is 0 Å². The van der Waals surface area contributed by atoms with Gasteiger partial charge in [0.1, 0.15) is 5.69 Å². The van der Waals surface area contributed by atoms with Crippen molar-refractivity contribution in [3.05, 3.63) is 65.9 Å². The summed E-state index contributed by atoms with van der Waals surface area (Å²) in [5.74, 6) is 0.632. The molecule has 0 bridgehead atoms. The predicted molar refractivity (Wildman–Crippen MR) is 84.6 cm³/mol. The van der Waals surface area contributed by atoms with E-state index in [0.29, 0.717) is 5.88 Å². The molecule has 1 aromatic heterocycles. The summed E-state index contributed by atoms with van der Waals surface area (Å²) in [6, 6.07) is 18.2. The van der Waals surface area contributed by atoms with Crippen molar-refractivity contribution in [1.29, 1.82) is 0 Å². The molecule has 0 fully saturated rings. The van der Waals surface area contributed by atoms with Crippen molar-refractivity contribution >= 4 is 11.0 Å². The third kappa shape index (κ3) is 3.19. The third-order valence-corrected chi connectivity index (χ3v) is 3.17. The first-order valence-electron chi connectivity index (χ1n) is 7.18. The molecule has 0 saturated carbocycles. The summed E-state index contributed by atoms with van der Waals surface area (Å²) in [7, 11) is 0. The van der Waals surface area contributed by atoms with E-state index >= 15 is 0 Å². The molecule has 0 unspecified atom stereocenters. The highest BCUT2D eigenvalue weighted by atomic mass is 16.5. The standard InChI is InChI=1S/C18H18N2O/c1-13(2)21-18-17(12-14-8-4-3-5-9-14)19-15-10-6-7-11-16(15)20-18/h3-11,13H,12H2,1-2H3.